The summed E-state index contributed by atoms with van der Waals surface area (Å²) in [6.07, 6.45) is -0.204. The van der Waals surface area contributed by atoms with Crippen molar-refractivity contribution in [1.29, 1.82) is 0 Å². The van der Waals surface area contributed by atoms with Crippen molar-refractivity contribution in [3.8, 4) is 0 Å². The quantitative estimate of drug-likeness (QED) is 0.698. The van der Waals surface area contributed by atoms with Gasteiger partial charge in [0, 0.05) is 26.2 Å². The zero-order chi connectivity index (χ0) is 22.1. The smallest absolute Gasteiger partial charge is 0.338 e. The van der Waals surface area contributed by atoms with Crippen LogP contribution in [0, 0.1) is 11.8 Å². The molecule has 164 valence electrons. The molecule has 10 heteroatoms. The highest BCUT2D eigenvalue weighted by Crippen LogP contribution is 2.27. The third kappa shape index (κ3) is 4.65. The number of urea groups is 1. The molecule has 1 N–H and O–H groups in total. The fraction of sp³-hybridized carbons (Fsp3) is 0.550. The average molecular weight is 438 g/mol. The maximum Gasteiger partial charge on any atom is 0.338 e. The predicted octanol–water partition coefficient (Wildman–Crippen LogP) is 1.45. The average Bonchev–Trinajstić information content (AvgIpc) is 3.12. The molecular weight excluding hydrogens is 410 g/mol. The molecule has 1 aromatic carbocycles. The summed E-state index contributed by atoms with van der Waals surface area (Å²) in [7, 11) is -3.75. The Morgan fingerprint density at radius 3 is 2.47 bits per heavy atom. The maximum absolute atomic E-state index is 13.1. The Bertz CT molecular complexity index is 938. The molecule has 3 rings (SSSR count). The van der Waals surface area contributed by atoms with Gasteiger partial charge in [0.05, 0.1) is 10.5 Å². The van der Waals surface area contributed by atoms with Gasteiger partial charge < -0.3 is 10.1 Å². The van der Waals surface area contributed by atoms with Crippen LogP contribution in [0.1, 0.15) is 37.6 Å². The number of benzene rings is 1. The van der Waals surface area contributed by atoms with Gasteiger partial charge in [-0.05, 0) is 43.4 Å². The first-order valence-corrected chi connectivity index (χ1v) is 11.4. The zero-order valence-corrected chi connectivity index (χ0v) is 18.1. The fourth-order valence-corrected chi connectivity index (χ4v) is 5.64. The van der Waals surface area contributed by atoms with E-state index in [-0.39, 0.29) is 28.8 Å². The second kappa shape index (κ2) is 8.73. The molecule has 0 aliphatic carbocycles. The molecule has 30 heavy (non-hydrogen) atoms. The number of ether oxygens (including phenoxy) is 1. The van der Waals surface area contributed by atoms with E-state index in [1.165, 1.54) is 35.5 Å². The molecule has 2 aliphatic rings. The van der Waals surface area contributed by atoms with Crippen molar-refractivity contribution in [3.05, 3.63) is 29.8 Å². The minimum atomic E-state index is -3.75. The van der Waals surface area contributed by atoms with Crippen LogP contribution >= 0.6 is 0 Å². The second-order valence-electron chi connectivity index (χ2n) is 8.07. The molecule has 0 aromatic heterocycles. The third-order valence-electron chi connectivity index (χ3n) is 5.30. The van der Waals surface area contributed by atoms with E-state index in [2.05, 4.69) is 5.32 Å². The van der Waals surface area contributed by atoms with Gasteiger partial charge in [0.2, 0.25) is 10.0 Å². The van der Waals surface area contributed by atoms with E-state index in [0.29, 0.717) is 19.6 Å². The normalized spacial score (nSPS) is 23.7. The van der Waals surface area contributed by atoms with Gasteiger partial charge in [-0.2, -0.15) is 4.31 Å². The summed E-state index contributed by atoms with van der Waals surface area (Å²) in [6.45, 7) is 6.84. The van der Waals surface area contributed by atoms with Gasteiger partial charge in [0.25, 0.3) is 5.91 Å². The minimum absolute atomic E-state index is 0.0103. The number of carbonyl (C=O) groups is 3. The molecule has 9 nitrogen and oxygen atoms in total. The van der Waals surface area contributed by atoms with Crippen molar-refractivity contribution >= 4 is 27.9 Å². The number of imide groups is 1. The van der Waals surface area contributed by atoms with Crippen molar-refractivity contribution in [3.63, 3.8) is 0 Å². The molecule has 3 amide bonds. The van der Waals surface area contributed by atoms with Crippen LogP contribution in [0.15, 0.2) is 29.2 Å². The van der Waals surface area contributed by atoms with Crippen LogP contribution in [0.5, 0.6) is 0 Å². The molecule has 2 saturated heterocycles. The molecule has 0 spiro atoms. The Balaban J connectivity index is 1.73. The van der Waals surface area contributed by atoms with Crippen molar-refractivity contribution in [2.45, 2.75) is 38.2 Å². The lowest BCUT2D eigenvalue weighted by Gasteiger charge is -2.34. The number of rotatable bonds is 5. The first-order chi connectivity index (χ1) is 14.1. The Morgan fingerprint density at radius 2 is 1.87 bits per heavy atom. The van der Waals surface area contributed by atoms with Gasteiger partial charge >= 0.3 is 12.0 Å². The molecule has 0 radical (unpaired) electrons. The highest BCUT2D eigenvalue weighted by atomic mass is 32.2. The zero-order valence-electron chi connectivity index (χ0n) is 17.3. The highest BCUT2D eigenvalue weighted by Gasteiger charge is 2.33. The van der Waals surface area contributed by atoms with Crippen LogP contribution < -0.4 is 5.32 Å². The first-order valence-electron chi connectivity index (χ1n) is 10.00. The second-order valence-corrected chi connectivity index (χ2v) is 10.0. The third-order valence-corrected chi connectivity index (χ3v) is 7.12. The fourth-order valence-electron chi connectivity index (χ4n) is 3.91. The maximum atomic E-state index is 13.1. The lowest BCUT2D eigenvalue weighted by molar-refractivity contribution is -0.136. The summed E-state index contributed by atoms with van der Waals surface area (Å²) in [5, 5.41) is 2.51. The van der Waals surface area contributed by atoms with E-state index in [0.717, 1.165) is 11.3 Å². The largest absolute Gasteiger partial charge is 0.449 e. The van der Waals surface area contributed by atoms with Gasteiger partial charge in [-0.25, -0.2) is 18.0 Å². The monoisotopic (exact) mass is 437 g/mol. The van der Waals surface area contributed by atoms with Crippen molar-refractivity contribution in [1.82, 2.24) is 14.5 Å². The highest BCUT2D eigenvalue weighted by molar-refractivity contribution is 7.89. The molecule has 2 fully saturated rings. The summed E-state index contributed by atoms with van der Waals surface area (Å²) in [5.74, 6) is -0.941. The number of esters is 1. The first kappa shape index (κ1) is 22.2. The molecule has 0 bridgehead atoms. The van der Waals surface area contributed by atoms with Gasteiger partial charge in [-0.3, -0.25) is 9.69 Å². The van der Waals surface area contributed by atoms with E-state index in [9.17, 15) is 22.8 Å². The van der Waals surface area contributed by atoms with E-state index >= 15 is 0 Å². The topological polar surface area (TPSA) is 113 Å². The summed E-state index contributed by atoms with van der Waals surface area (Å²) in [4.78, 5) is 37.4. The van der Waals surface area contributed by atoms with E-state index in [1.54, 1.807) is 0 Å². The molecule has 3 unspecified atom stereocenters. The van der Waals surface area contributed by atoms with Gasteiger partial charge in [0.15, 0.2) is 6.10 Å². The standard InChI is InChI=1S/C20H27N3O6S/c1-13-9-14(2)12-22(11-13)30(27,28)17-6-4-5-16(10-17)19(25)29-15(3)18(24)23-8-7-21-20(23)26/h4-6,10,13-15H,7-9,11-12H2,1-3H3,(H,21,26). The number of carbonyl (C=O) groups excluding carboxylic acids is 3. The van der Waals surface area contributed by atoms with Gasteiger partial charge in [-0.1, -0.05) is 19.9 Å². The molecule has 1 aromatic rings. The number of nitrogens with zero attached hydrogens (tertiary/aromatic N) is 2. The molecule has 2 aliphatic heterocycles. The number of amides is 3. The van der Waals surface area contributed by atoms with Gasteiger partial charge in [-0.15, -0.1) is 0 Å². The minimum Gasteiger partial charge on any atom is -0.449 e. The van der Waals surface area contributed by atoms with Crippen LogP contribution in [0.25, 0.3) is 0 Å². The van der Waals surface area contributed by atoms with Crippen LogP contribution in [0.2, 0.25) is 0 Å². The number of sulfonamides is 1. The Morgan fingerprint density at radius 1 is 1.20 bits per heavy atom. The Hall–Kier alpha value is -2.46. The molecule has 2 heterocycles. The predicted molar refractivity (Wildman–Crippen MR) is 108 cm³/mol. The Labute approximate surface area is 176 Å². The lowest BCUT2D eigenvalue weighted by Crippen LogP contribution is -2.42. The van der Waals surface area contributed by atoms with E-state index in [1.807, 2.05) is 13.8 Å². The number of hydrogen-bond donors (Lipinski definition) is 1. The summed E-state index contributed by atoms with van der Waals surface area (Å²) < 4.78 is 32.8. The van der Waals surface area contributed by atoms with Crippen LogP contribution in [0.3, 0.4) is 0 Å². The summed E-state index contributed by atoms with van der Waals surface area (Å²) >= 11 is 0. The van der Waals surface area contributed by atoms with Crippen LogP contribution in [-0.4, -0.2) is 67.8 Å². The van der Waals surface area contributed by atoms with Gasteiger partial charge in [0.1, 0.15) is 0 Å². The number of piperidine rings is 1. The van der Waals surface area contributed by atoms with E-state index < -0.39 is 34.0 Å². The van der Waals surface area contributed by atoms with Crippen molar-refractivity contribution in [2.24, 2.45) is 11.8 Å². The SMILES string of the molecule is CC1CC(C)CN(S(=O)(=O)c2cccc(C(=O)OC(C)C(=O)N3CCNC3=O)c2)C1. The van der Waals surface area contributed by atoms with Crippen LogP contribution in [-0.2, 0) is 19.6 Å². The van der Waals surface area contributed by atoms with E-state index in [4.69, 9.17) is 4.74 Å². The molecule has 0 saturated carbocycles. The lowest BCUT2D eigenvalue weighted by atomic mass is 9.94. The Kier molecular flexibility index (Phi) is 6.47. The van der Waals surface area contributed by atoms with Crippen LogP contribution in [0.4, 0.5) is 4.79 Å². The number of hydrogen-bond acceptors (Lipinski definition) is 6. The summed E-state index contributed by atoms with van der Waals surface area (Å²) in [6, 6.07) is 5.09. The van der Waals surface area contributed by atoms with Crippen molar-refractivity contribution in [2.75, 3.05) is 26.2 Å². The summed E-state index contributed by atoms with van der Waals surface area (Å²) in [5.41, 5.74) is 0.0275. The van der Waals surface area contributed by atoms with Crippen molar-refractivity contribution < 1.29 is 27.5 Å². The number of nitrogens with one attached hydrogen (secondary N) is 1. The molecular formula is C20H27N3O6S. The molecule has 3 atom stereocenters.